The molecule has 1 aromatic carbocycles. The van der Waals surface area contributed by atoms with Gasteiger partial charge in [0.2, 0.25) is 0 Å². The number of fused-ring (bicyclic) bond motifs is 1. The van der Waals surface area contributed by atoms with Gasteiger partial charge in [0.1, 0.15) is 18.2 Å². The monoisotopic (exact) mass is 347 g/mol. The van der Waals surface area contributed by atoms with E-state index >= 15 is 0 Å². The Morgan fingerprint density at radius 3 is 2.64 bits per heavy atom. The molecule has 25 heavy (non-hydrogen) atoms. The molecule has 0 bridgehead atoms. The Morgan fingerprint density at radius 1 is 1.28 bits per heavy atom. The molecule has 2 aliphatic heterocycles. The van der Waals surface area contributed by atoms with Crippen LogP contribution in [0.25, 0.3) is 0 Å². The standard InChI is InChI=1S/C18H25N3O4/c1-4-20(9-10-21-16(22)18(2,3)19-17(21)23)11-13-12-24-14-7-5-6-8-15(14)25-13/h5-8,13H,4,9-12H2,1-3H3,(H,19,23). The van der Waals surface area contributed by atoms with Crippen molar-refractivity contribution in [1.82, 2.24) is 15.1 Å². The van der Waals surface area contributed by atoms with E-state index in [4.69, 9.17) is 9.47 Å². The smallest absolute Gasteiger partial charge is 0.325 e. The lowest BCUT2D eigenvalue weighted by Crippen LogP contribution is -2.45. The third kappa shape index (κ3) is 3.71. The van der Waals surface area contributed by atoms with Crippen LogP contribution in [-0.4, -0.2) is 66.2 Å². The Morgan fingerprint density at radius 2 is 2.00 bits per heavy atom. The topological polar surface area (TPSA) is 71.1 Å². The third-order valence-electron chi connectivity index (χ3n) is 4.56. The molecule has 0 aromatic heterocycles. The number of urea groups is 1. The highest BCUT2D eigenvalue weighted by Gasteiger charge is 2.44. The Hall–Kier alpha value is -2.28. The molecule has 3 rings (SSSR count). The maximum Gasteiger partial charge on any atom is 0.325 e. The number of ether oxygens (including phenoxy) is 2. The predicted octanol–water partition coefficient (Wildman–Crippen LogP) is 1.48. The summed E-state index contributed by atoms with van der Waals surface area (Å²) >= 11 is 0. The van der Waals surface area contributed by atoms with E-state index in [1.54, 1.807) is 13.8 Å². The van der Waals surface area contributed by atoms with Gasteiger partial charge in [0.25, 0.3) is 5.91 Å². The van der Waals surface area contributed by atoms with E-state index in [0.29, 0.717) is 26.2 Å². The number of benzene rings is 1. The zero-order valence-corrected chi connectivity index (χ0v) is 14.9. The van der Waals surface area contributed by atoms with Crippen molar-refractivity contribution >= 4 is 11.9 Å². The zero-order chi connectivity index (χ0) is 18.0. The molecule has 1 unspecified atom stereocenters. The van der Waals surface area contributed by atoms with Crippen molar-refractivity contribution in [2.75, 3.05) is 32.8 Å². The molecule has 2 aliphatic rings. The summed E-state index contributed by atoms with van der Waals surface area (Å²) in [6.45, 7) is 8.42. The molecule has 1 aromatic rings. The minimum atomic E-state index is -0.821. The first kappa shape index (κ1) is 17.5. The summed E-state index contributed by atoms with van der Waals surface area (Å²) in [6.07, 6.45) is -0.0746. The second-order valence-corrected chi connectivity index (χ2v) is 6.90. The number of imide groups is 1. The van der Waals surface area contributed by atoms with Gasteiger partial charge in [-0.1, -0.05) is 19.1 Å². The second-order valence-electron chi connectivity index (χ2n) is 6.90. The van der Waals surface area contributed by atoms with E-state index in [-0.39, 0.29) is 18.0 Å². The summed E-state index contributed by atoms with van der Waals surface area (Å²) in [6, 6.07) is 7.30. The lowest BCUT2D eigenvalue weighted by molar-refractivity contribution is -0.130. The highest BCUT2D eigenvalue weighted by molar-refractivity contribution is 6.06. The molecular weight excluding hydrogens is 322 g/mol. The van der Waals surface area contributed by atoms with Gasteiger partial charge in [0.05, 0.1) is 0 Å². The van der Waals surface area contributed by atoms with Gasteiger partial charge in [0, 0.05) is 19.6 Å². The number of hydrogen-bond acceptors (Lipinski definition) is 5. The summed E-state index contributed by atoms with van der Waals surface area (Å²) in [5, 5.41) is 2.70. The van der Waals surface area contributed by atoms with Crippen LogP contribution < -0.4 is 14.8 Å². The largest absolute Gasteiger partial charge is 0.486 e. The predicted molar refractivity (Wildman–Crippen MR) is 92.8 cm³/mol. The number of nitrogens with one attached hydrogen (secondary N) is 1. The van der Waals surface area contributed by atoms with E-state index in [2.05, 4.69) is 10.2 Å². The Kier molecular flexibility index (Phi) is 4.85. The summed E-state index contributed by atoms with van der Waals surface area (Å²) < 4.78 is 11.7. The molecule has 2 heterocycles. The summed E-state index contributed by atoms with van der Waals surface area (Å²) in [7, 11) is 0. The van der Waals surface area contributed by atoms with Gasteiger partial charge in [-0.05, 0) is 32.5 Å². The molecule has 3 amide bonds. The van der Waals surface area contributed by atoms with Crippen molar-refractivity contribution in [1.29, 1.82) is 0 Å². The third-order valence-corrected chi connectivity index (χ3v) is 4.56. The lowest BCUT2D eigenvalue weighted by Gasteiger charge is -2.31. The molecular formula is C18H25N3O4. The van der Waals surface area contributed by atoms with Gasteiger partial charge in [-0.2, -0.15) is 0 Å². The van der Waals surface area contributed by atoms with Gasteiger partial charge in [0.15, 0.2) is 11.5 Å². The van der Waals surface area contributed by atoms with Crippen LogP contribution in [0.15, 0.2) is 24.3 Å². The lowest BCUT2D eigenvalue weighted by atomic mass is 10.1. The van der Waals surface area contributed by atoms with Gasteiger partial charge in [-0.3, -0.25) is 14.6 Å². The van der Waals surface area contributed by atoms with Crippen molar-refractivity contribution in [3.8, 4) is 11.5 Å². The van der Waals surface area contributed by atoms with Crippen LogP contribution in [0, 0.1) is 0 Å². The quantitative estimate of drug-likeness (QED) is 0.789. The van der Waals surface area contributed by atoms with E-state index < -0.39 is 5.54 Å². The van der Waals surface area contributed by atoms with Crippen LogP contribution in [-0.2, 0) is 4.79 Å². The Labute approximate surface area is 147 Å². The number of amides is 3. The van der Waals surface area contributed by atoms with Gasteiger partial charge in [-0.25, -0.2) is 4.79 Å². The van der Waals surface area contributed by atoms with Gasteiger partial charge < -0.3 is 14.8 Å². The number of nitrogens with zero attached hydrogens (tertiary/aromatic N) is 2. The van der Waals surface area contributed by atoms with E-state index in [0.717, 1.165) is 18.0 Å². The number of hydrogen-bond donors (Lipinski definition) is 1. The fourth-order valence-corrected chi connectivity index (χ4v) is 3.08. The number of para-hydroxylation sites is 2. The van der Waals surface area contributed by atoms with E-state index in [9.17, 15) is 9.59 Å². The summed E-state index contributed by atoms with van der Waals surface area (Å²) in [5.41, 5.74) is -0.821. The van der Waals surface area contributed by atoms with Crippen LogP contribution in [0.2, 0.25) is 0 Å². The Balaban J connectivity index is 1.54. The highest BCUT2D eigenvalue weighted by Crippen LogP contribution is 2.31. The van der Waals surface area contributed by atoms with Crippen LogP contribution >= 0.6 is 0 Å². The van der Waals surface area contributed by atoms with Crippen molar-refractivity contribution in [3.05, 3.63) is 24.3 Å². The van der Waals surface area contributed by atoms with Crippen molar-refractivity contribution in [2.45, 2.75) is 32.4 Å². The van der Waals surface area contributed by atoms with Crippen LogP contribution in [0.1, 0.15) is 20.8 Å². The fraction of sp³-hybridized carbons (Fsp3) is 0.556. The van der Waals surface area contributed by atoms with Gasteiger partial charge in [-0.15, -0.1) is 0 Å². The van der Waals surface area contributed by atoms with Crippen LogP contribution in [0.5, 0.6) is 11.5 Å². The minimum absolute atomic E-state index is 0.0746. The van der Waals surface area contributed by atoms with Crippen molar-refractivity contribution in [2.24, 2.45) is 0 Å². The summed E-state index contributed by atoms with van der Waals surface area (Å²) in [5.74, 6) is 1.34. The first-order valence-electron chi connectivity index (χ1n) is 8.65. The highest BCUT2D eigenvalue weighted by atomic mass is 16.6. The molecule has 0 radical (unpaired) electrons. The second kappa shape index (κ2) is 6.92. The molecule has 7 nitrogen and oxygen atoms in total. The molecule has 1 saturated heterocycles. The number of carbonyl (C=O) groups excluding carboxylic acids is 2. The van der Waals surface area contributed by atoms with E-state index in [1.807, 2.05) is 31.2 Å². The first-order valence-corrected chi connectivity index (χ1v) is 8.65. The zero-order valence-electron chi connectivity index (χ0n) is 14.9. The van der Waals surface area contributed by atoms with Crippen molar-refractivity contribution < 1.29 is 19.1 Å². The van der Waals surface area contributed by atoms with Crippen molar-refractivity contribution in [3.63, 3.8) is 0 Å². The fourth-order valence-electron chi connectivity index (χ4n) is 3.08. The Bertz CT molecular complexity index is 661. The SMILES string of the molecule is CCN(CCN1C(=O)NC(C)(C)C1=O)CC1COc2ccccc2O1. The molecule has 0 aliphatic carbocycles. The maximum absolute atomic E-state index is 12.2. The summed E-state index contributed by atoms with van der Waals surface area (Å²) in [4.78, 5) is 27.7. The minimum Gasteiger partial charge on any atom is -0.486 e. The first-order chi connectivity index (χ1) is 11.9. The molecule has 1 atom stereocenters. The molecule has 0 saturated carbocycles. The molecule has 0 spiro atoms. The maximum atomic E-state index is 12.2. The molecule has 136 valence electrons. The normalized spacial score (nSPS) is 21.6. The molecule has 1 fully saturated rings. The number of likely N-dealkylation sites (N-methyl/N-ethyl adjacent to an activating group) is 1. The van der Waals surface area contributed by atoms with E-state index in [1.165, 1.54) is 4.90 Å². The van der Waals surface area contributed by atoms with Crippen LogP contribution in [0.3, 0.4) is 0 Å². The molecule has 1 N–H and O–H groups in total. The molecule has 7 heteroatoms. The number of rotatable bonds is 6. The van der Waals surface area contributed by atoms with Gasteiger partial charge >= 0.3 is 6.03 Å². The average molecular weight is 347 g/mol. The number of carbonyl (C=O) groups is 2. The van der Waals surface area contributed by atoms with Crippen LogP contribution in [0.4, 0.5) is 4.79 Å². The average Bonchev–Trinajstić information content (AvgIpc) is 2.79.